The van der Waals surface area contributed by atoms with Crippen molar-refractivity contribution in [2.75, 3.05) is 31.6 Å². The van der Waals surface area contributed by atoms with E-state index in [0.717, 1.165) is 18.8 Å². The summed E-state index contributed by atoms with van der Waals surface area (Å²) in [5, 5.41) is 0. The first-order chi connectivity index (χ1) is 11.8. The van der Waals surface area contributed by atoms with Gasteiger partial charge in [0.15, 0.2) is 0 Å². The molecule has 0 unspecified atom stereocenters. The number of nitrogens with zero attached hydrogens (tertiary/aromatic N) is 2. The van der Waals surface area contributed by atoms with Crippen molar-refractivity contribution >= 4 is 5.69 Å². The maximum Gasteiger partial charge on any atom is 0.120 e. The van der Waals surface area contributed by atoms with Gasteiger partial charge in [-0.1, -0.05) is 36.4 Å². The number of ether oxygens (including phenoxy) is 1. The van der Waals surface area contributed by atoms with Crippen molar-refractivity contribution in [3.63, 3.8) is 0 Å². The van der Waals surface area contributed by atoms with E-state index in [1.807, 2.05) is 0 Å². The molecule has 2 aromatic carbocycles. The first-order valence-electron chi connectivity index (χ1n) is 9.03. The fourth-order valence-electron chi connectivity index (χ4n) is 4.12. The highest BCUT2D eigenvalue weighted by molar-refractivity contribution is 5.61. The van der Waals surface area contributed by atoms with Crippen molar-refractivity contribution < 1.29 is 4.74 Å². The van der Waals surface area contributed by atoms with Gasteiger partial charge in [0, 0.05) is 44.0 Å². The molecule has 0 N–H and O–H groups in total. The molecule has 0 atom stereocenters. The molecule has 0 saturated carbocycles. The highest BCUT2D eigenvalue weighted by Crippen LogP contribution is 2.35. The van der Waals surface area contributed by atoms with Crippen LogP contribution in [0.25, 0.3) is 0 Å². The van der Waals surface area contributed by atoms with E-state index in [1.165, 1.54) is 49.2 Å². The van der Waals surface area contributed by atoms with Gasteiger partial charge in [-0.25, -0.2) is 0 Å². The molecule has 0 aromatic heterocycles. The van der Waals surface area contributed by atoms with Crippen molar-refractivity contribution in [2.24, 2.45) is 0 Å². The van der Waals surface area contributed by atoms with Gasteiger partial charge in [-0.15, -0.1) is 0 Å². The molecule has 0 radical (unpaired) electrons. The van der Waals surface area contributed by atoms with Crippen molar-refractivity contribution in [2.45, 2.75) is 31.8 Å². The SMILES string of the molecule is COc1ccc2c(c1)N(C1CCN(Cc3ccccc3)CC1)CC2. The number of likely N-dealkylation sites (tertiary alicyclic amines) is 1. The first kappa shape index (κ1) is 15.5. The minimum Gasteiger partial charge on any atom is -0.497 e. The van der Waals surface area contributed by atoms with Crippen molar-refractivity contribution in [1.29, 1.82) is 0 Å². The zero-order valence-corrected chi connectivity index (χ0v) is 14.4. The number of benzene rings is 2. The minimum absolute atomic E-state index is 0.672. The summed E-state index contributed by atoms with van der Waals surface area (Å²) in [5.41, 5.74) is 4.30. The maximum absolute atomic E-state index is 5.42. The van der Waals surface area contributed by atoms with E-state index >= 15 is 0 Å². The second-order valence-electron chi connectivity index (χ2n) is 6.93. The molecule has 2 aliphatic heterocycles. The van der Waals surface area contributed by atoms with Crippen molar-refractivity contribution in [3.8, 4) is 5.75 Å². The van der Waals surface area contributed by atoms with Gasteiger partial charge in [-0.3, -0.25) is 4.90 Å². The van der Waals surface area contributed by atoms with Gasteiger partial charge in [0.25, 0.3) is 0 Å². The topological polar surface area (TPSA) is 15.7 Å². The Labute approximate surface area is 144 Å². The molecule has 0 amide bonds. The molecule has 1 fully saturated rings. The lowest BCUT2D eigenvalue weighted by Crippen LogP contribution is -2.44. The number of methoxy groups -OCH3 is 1. The zero-order chi connectivity index (χ0) is 16.4. The quantitative estimate of drug-likeness (QED) is 0.853. The van der Waals surface area contributed by atoms with Crippen LogP contribution in [0, 0.1) is 0 Å². The summed E-state index contributed by atoms with van der Waals surface area (Å²) in [6, 6.07) is 18.0. The maximum atomic E-state index is 5.42. The van der Waals surface area contributed by atoms with E-state index in [2.05, 4.69) is 58.3 Å². The van der Waals surface area contributed by atoms with Crippen LogP contribution in [0.15, 0.2) is 48.5 Å². The second-order valence-corrected chi connectivity index (χ2v) is 6.93. The fraction of sp³-hybridized carbons (Fsp3) is 0.429. The third kappa shape index (κ3) is 3.13. The Bertz CT molecular complexity index is 677. The van der Waals surface area contributed by atoms with Gasteiger partial charge >= 0.3 is 0 Å². The van der Waals surface area contributed by atoms with Gasteiger partial charge in [-0.2, -0.15) is 0 Å². The van der Waals surface area contributed by atoms with E-state index < -0.39 is 0 Å². The third-order valence-electron chi connectivity index (χ3n) is 5.47. The standard InChI is InChI=1S/C21H26N2O/c1-24-20-8-7-18-9-14-23(21(18)15-20)19-10-12-22(13-11-19)16-17-5-3-2-4-6-17/h2-8,15,19H,9-14,16H2,1H3. The van der Waals surface area contributed by atoms with Gasteiger partial charge in [0.1, 0.15) is 5.75 Å². The number of hydrogen-bond donors (Lipinski definition) is 0. The molecule has 0 spiro atoms. The Kier molecular flexibility index (Phi) is 4.44. The molecule has 3 nitrogen and oxygen atoms in total. The number of hydrogen-bond acceptors (Lipinski definition) is 3. The average Bonchev–Trinajstić information content (AvgIpc) is 3.06. The highest BCUT2D eigenvalue weighted by atomic mass is 16.5. The Morgan fingerprint density at radius 3 is 2.54 bits per heavy atom. The molecule has 126 valence electrons. The molecule has 4 rings (SSSR count). The number of anilines is 1. The molecular weight excluding hydrogens is 296 g/mol. The third-order valence-corrected chi connectivity index (χ3v) is 5.47. The van der Waals surface area contributed by atoms with Gasteiger partial charge in [-0.05, 0) is 36.5 Å². The summed E-state index contributed by atoms with van der Waals surface area (Å²) < 4.78 is 5.42. The highest BCUT2D eigenvalue weighted by Gasteiger charge is 2.29. The largest absolute Gasteiger partial charge is 0.497 e. The molecule has 2 aliphatic rings. The molecular formula is C21H26N2O. The van der Waals surface area contributed by atoms with E-state index in [9.17, 15) is 0 Å². The predicted octanol–water partition coefficient (Wildman–Crippen LogP) is 3.72. The normalized spacial score (nSPS) is 18.6. The van der Waals surface area contributed by atoms with E-state index in [-0.39, 0.29) is 0 Å². The zero-order valence-electron chi connectivity index (χ0n) is 14.4. The summed E-state index contributed by atoms with van der Waals surface area (Å²) in [7, 11) is 1.75. The smallest absolute Gasteiger partial charge is 0.120 e. The number of fused-ring (bicyclic) bond motifs is 1. The molecule has 2 aromatic rings. The molecule has 2 heterocycles. The number of piperidine rings is 1. The fourth-order valence-corrected chi connectivity index (χ4v) is 4.12. The monoisotopic (exact) mass is 322 g/mol. The van der Waals surface area contributed by atoms with Crippen LogP contribution in [0.3, 0.4) is 0 Å². The Morgan fingerprint density at radius 1 is 1.00 bits per heavy atom. The van der Waals surface area contributed by atoms with Crippen LogP contribution < -0.4 is 9.64 Å². The summed E-state index contributed by atoms with van der Waals surface area (Å²) in [5.74, 6) is 0.974. The lowest BCUT2D eigenvalue weighted by Gasteiger charge is -2.38. The molecule has 0 bridgehead atoms. The first-order valence-corrected chi connectivity index (χ1v) is 9.03. The van der Waals surface area contributed by atoms with Gasteiger partial charge in [0.05, 0.1) is 7.11 Å². The van der Waals surface area contributed by atoms with Crippen LogP contribution in [-0.4, -0.2) is 37.7 Å². The van der Waals surface area contributed by atoms with Gasteiger partial charge < -0.3 is 9.64 Å². The summed E-state index contributed by atoms with van der Waals surface area (Å²) in [4.78, 5) is 5.21. The van der Waals surface area contributed by atoms with Crippen LogP contribution in [-0.2, 0) is 13.0 Å². The van der Waals surface area contributed by atoms with Crippen molar-refractivity contribution in [3.05, 3.63) is 59.7 Å². The van der Waals surface area contributed by atoms with Crippen LogP contribution in [0.2, 0.25) is 0 Å². The lowest BCUT2D eigenvalue weighted by atomic mass is 10.0. The Hall–Kier alpha value is -2.00. The summed E-state index contributed by atoms with van der Waals surface area (Å²) in [6.45, 7) is 4.62. The second kappa shape index (κ2) is 6.86. The van der Waals surface area contributed by atoms with E-state index in [1.54, 1.807) is 7.11 Å². The average molecular weight is 322 g/mol. The predicted molar refractivity (Wildman–Crippen MR) is 98.8 cm³/mol. The van der Waals surface area contributed by atoms with E-state index in [4.69, 9.17) is 4.74 Å². The minimum atomic E-state index is 0.672. The molecule has 1 saturated heterocycles. The lowest BCUT2D eigenvalue weighted by molar-refractivity contribution is 0.202. The Balaban J connectivity index is 1.39. The molecule has 24 heavy (non-hydrogen) atoms. The van der Waals surface area contributed by atoms with Gasteiger partial charge in [0.2, 0.25) is 0 Å². The van der Waals surface area contributed by atoms with E-state index in [0.29, 0.717) is 6.04 Å². The summed E-state index contributed by atoms with van der Waals surface area (Å²) >= 11 is 0. The van der Waals surface area contributed by atoms with Crippen LogP contribution in [0.4, 0.5) is 5.69 Å². The summed E-state index contributed by atoms with van der Waals surface area (Å²) in [6.07, 6.45) is 3.68. The van der Waals surface area contributed by atoms with Crippen LogP contribution in [0.5, 0.6) is 5.75 Å². The van der Waals surface area contributed by atoms with Crippen molar-refractivity contribution in [1.82, 2.24) is 4.90 Å². The Morgan fingerprint density at radius 2 is 1.79 bits per heavy atom. The van der Waals surface area contributed by atoms with Crippen LogP contribution in [0.1, 0.15) is 24.0 Å². The van der Waals surface area contributed by atoms with Crippen LogP contribution >= 0.6 is 0 Å². The molecule has 3 heteroatoms. The number of rotatable bonds is 4. The molecule has 0 aliphatic carbocycles.